The molecule has 0 saturated heterocycles. The van der Waals surface area contributed by atoms with E-state index in [1.807, 2.05) is 0 Å². The monoisotopic (exact) mass is 446 g/mol. The molecule has 0 bridgehead atoms. The van der Waals surface area contributed by atoms with Crippen molar-refractivity contribution in [2.75, 3.05) is 10.0 Å². The number of amides is 1. The Balaban J connectivity index is 1.63. The fraction of sp³-hybridized carbons (Fsp3) is 0. The van der Waals surface area contributed by atoms with Gasteiger partial charge in [-0.05, 0) is 54.1 Å². The molecular weight excluding hydrogens is 428 g/mol. The van der Waals surface area contributed by atoms with Crippen molar-refractivity contribution in [3.63, 3.8) is 0 Å². The first-order valence-electron chi connectivity index (χ1n) is 9.55. The number of hydrogen-bond donors (Lipinski definition) is 2. The van der Waals surface area contributed by atoms with E-state index in [-0.39, 0.29) is 22.1 Å². The molecule has 0 aliphatic heterocycles. The van der Waals surface area contributed by atoms with Crippen LogP contribution in [0.25, 0.3) is 22.1 Å². The van der Waals surface area contributed by atoms with Gasteiger partial charge in [-0.3, -0.25) is 9.52 Å². The standard InChI is InChI=1S/C24H18N2O5S/c1-2-23(27)25-18-11-8-16(9-12-18)21-14-17-10-13-19(15-22(17)31-24(21)28)26-32(29,30)20-6-4-3-5-7-20/h2-15,26H,1H2,(H,25,27). The molecule has 0 aliphatic carbocycles. The third-order valence-corrected chi connectivity index (χ3v) is 6.09. The molecule has 0 saturated carbocycles. The summed E-state index contributed by atoms with van der Waals surface area (Å²) in [7, 11) is -3.76. The lowest BCUT2D eigenvalue weighted by Gasteiger charge is -2.09. The van der Waals surface area contributed by atoms with Crippen LogP contribution in [0, 0.1) is 0 Å². The van der Waals surface area contributed by atoms with Gasteiger partial charge in [-0.15, -0.1) is 0 Å². The quantitative estimate of drug-likeness (QED) is 0.338. The molecule has 8 heteroatoms. The maximum Gasteiger partial charge on any atom is 0.344 e. The normalized spacial score (nSPS) is 11.1. The summed E-state index contributed by atoms with van der Waals surface area (Å²) in [4.78, 5) is 24.1. The SMILES string of the molecule is C=CC(=O)Nc1ccc(-c2cc3ccc(NS(=O)(=O)c4ccccc4)cc3oc2=O)cc1. The topological polar surface area (TPSA) is 105 Å². The largest absolute Gasteiger partial charge is 0.422 e. The summed E-state index contributed by atoms with van der Waals surface area (Å²) in [5.74, 6) is -0.332. The van der Waals surface area contributed by atoms with Gasteiger partial charge in [-0.25, -0.2) is 13.2 Å². The summed E-state index contributed by atoms with van der Waals surface area (Å²) in [6, 6.07) is 21.1. The zero-order valence-electron chi connectivity index (χ0n) is 16.7. The van der Waals surface area contributed by atoms with Crippen molar-refractivity contribution in [1.29, 1.82) is 0 Å². The van der Waals surface area contributed by atoms with Gasteiger partial charge in [0.1, 0.15) is 5.58 Å². The number of sulfonamides is 1. The molecule has 0 spiro atoms. The van der Waals surface area contributed by atoms with Crippen LogP contribution < -0.4 is 15.7 Å². The van der Waals surface area contributed by atoms with Gasteiger partial charge in [0.15, 0.2) is 0 Å². The number of rotatable bonds is 6. The smallest absolute Gasteiger partial charge is 0.344 e. The number of hydrogen-bond acceptors (Lipinski definition) is 5. The predicted octanol–water partition coefficient (Wildman–Crippen LogP) is 4.39. The van der Waals surface area contributed by atoms with E-state index in [1.54, 1.807) is 60.7 Å². The van der Waals surface area contributed by atoms with E-state index in [2.05, 4.69) is 16.6 Å². The average Bonchev–Trinajstić information content (AvgIpc) is 2.79. The highest BCUT2D eigenvalue weighted by molar-refractivity contribution is 7.92. The fourth-order valence-electron chi connectivity index (χ4n) is 3.12. The van der Waals surface area contributed by atoms with Crippen molar-refractivity contribution in [1.82, 2.24) is 0 Å². The van der Waals surface area contributed by atoms with Gasteiger partial charge in [0.2, 0.25) is 5.91 Å². The van der Waals surface area contributed by atoms with Crippen molar-refractivity contribution in [3.05, 3.63) is 102 Å². The van der Waals surface area contributed by atoms with E-state index < -0.39 is 15.6 Å². The van der Waals surface area contributed by atoms with E-state index in [4.69, 9.17) is 4.42 Å². The Kier molecular flexibility index (Phi) is 5.61. The summed E-state index contributed by atoms with van der Waals surface area (Å²) in [6.07, 6.45) is 1.17. The molecule has 3 aromatic carbocycles. The molecule has 32 heavy (non-hydrogen) atoms. The van der Waals surface area contributed by atoms with Gasteiger partial charge in [0, 0.05) is 17.1 Å². The summed E-state index contributed by atoms with van der Waals surface area (Å²) in [6.45, 7) is 3.40. The van der Waals surface area contributed by atoms with Crippen LogP contribution in [0.2, 0.25) is 0 Å². The van der Waals surface area contributed by atoms with Crippen LogP contribution in [0.5, 0.6) is 0 Å². The molecule has 7 nitrogen and oxygen atoms in total. The van der Waals surface area contributed by atoms with E-state index in [1.165, 1.54) is 24.3 Å². The summed E-state index contributed by atoms with van der Waals surface area (Å²) < 4.78 is 33.0. The maximum absolute atomic E-state index is 12.6. The van der Waals surface area contributed by atoms with Crippen LogP contribution in [-0.2, 0) is 14.8 Å². The Morgan fingerprint density at radius 1 is 0.906 bits per heavy atom. The van der Waals surface area contributed by atoms with Gasteiger partial charge in [-0.1, -0.05) is 36.9 Å². The Labute approximate surface area is 184 Å². The number of nitrogens with one attached hydrogen (secondary N) is 2. The van der Waals surface area contributed by atoms with Crippen molar-refractivity contribution < 1.29 is 17.6 Å². The Morgan fingerprint density at radius 2 is 1.59 bits per heavy atom. The third kappa shape index (κ3) is 4.45. The molecule has 0 unspecified atom stereocenters. The molecule has 0 atom stereocenters. The first kappa shape index (κ1) is 21.1. The number of carbonyl (C=O) groups is 1. The van der Waals surface area contributed by atoms with Crippen LogP contribution >= 0.6 is 0 Å². The molecule has 1 heterocycles. The van der Waals surface area contributed by atoms with Gasteiger partial charge in [0.05, 0.1) is 16.1 Å². The second-order valence-electron chi connectivity index (χ2n) is 6.89. The van der Waals surface area contributed by atoms with E-state index >= 15 is 0 Å². The lowest BCUT2D eigenvalue weighted by Crippen LogP contribution is -2.12. The minimum absolute atomic E-state index is 0.129. The molecule has 160 valence electrons. The second-order valence-corrected chi connectivity index (χ2v) is 8.57. The van der Waals surface area contributed by atoms with Gasteiger partial charge < -0.3 is 9.73 Å². The van der Waals surface area contributed by atoms with Crippen molar-refractivity contribution in [3.8, 4) is 11.1 Å². The molecular formula is C24H18N2O5S. The number of carbonyl (C=O) groups excluding carboxylic acids is 1. The zero-order chi connectivity index (χ0) is 22.7. The Hall–Kier alpha value is -4.17. The zero-order valence-corrected chi connectivity index (χ0v) is 17.6. The molecule has 0 aliphatic rings. The highest BCUT2D eigenvalue weighted by Gasteiger charge is 2.15. The minimum Gasteiger partial charge on any atom is -0.422 e. The molecule has 0 fully saturated rings. The minimum atomic E-state index is -3.76. The highest BCUT2D eigenvalue weighted by atomic mass is 32.2. The van der Waals surface area contributed by atoms with E-state index in [0.29, 0.717) is 22.2 Å². The van der Waals surface area contributed by atoms with Gasteiger partial charge >= 0.3 is 5.63 Å². The molecule has 1 aromatic heterocycles. The van der Waals surface area contributed by atoms with Gasteiger partial charge in [0.25, 0.3) is 10.0 Å². The number of anilines is 2. The number of fused-ring (bicyclic) bond motifs is 1. The summed E-state index contributed by atoms with van der Waals surface area (Å²) in [5, 5.41) is 3.27. The maximum atomic E-state index is 12.6. The summed E-state index contributed by atoms with van der Waals surface area (Å²) >= 11 is 0. The Morgan fingerprint density at radius 3 is 2.28 bits per heavy atom. The van der Waals surface area contributed by atoms with E-state index in [0.717, 1.165) is 0 Å². The average molecular weight is 446 g/mol. The predicted molar refractivity (Wildman–Crippen MR) is 124 cm³/mol. The number of benzene rings is 3. The third-order valence-electron chi connectivity index (χ3n) is 4.69. The van der Waals surface area contributed by atoms with Crippen LogP contribution in [-0.4, -0.2) is 14.3 Å². The van der Waals surface area contributed by atoms with Gasteiger partial charge in [-0.2, -0.15) is 0 Å². The molecule has 1 amide bonds. The van der Waals surface area contributed by atoms with Crippen LogP contribution in [0.15, 0.2) is 106 Å². The molecule has 2 N–H and O–H groups in total. The highest BCUT2D eigenvalue weighted by Crippen LogP contribution is 2.25. The van der Waals surface area contributed by atoms with Crippen molar-refractivity contribution in [2.45, 2.75) is 4.90 Å². The van der Waals surface area contributed by atoms with E-state index in [9.17, 15) is 18.0 Å². The Bertz CT molecular complexity index is 1470. The van der Waals surface area contributed by atoms with Crippen molar-refractivity contribution in [2.24, 2.45) is 0 Å². The lowest BCUT2D eigenvalue weighted by atomic mass is 10.1. The fourth-order valence-corrected chi connectivity index (χ4v) is 4.19. The van der Waals surface area contributed by atoms with Crippen molar-refractivity contribution >= 4 is 38.3 Å². The van der Waals surface area contributed by atoms with Crippen LogP contribution in [0.3, 0.4) is 0 Å². The lowest BCUT2D eigenvalue weighted by molar-refractivity contribution is -0.111. The molecule has 4 aromatic rings. The molecule has 0 radical (unpaired) electrons. The second kappa shape index (κ2) is 8.52. The van der Waals surface area contributed by atoms with Crippen LogP contribution in [0.1, 0.15) is 0 Å². The first-order valence-corrected chi connectivity index (χ1v) is 11.0. The summed E-state index contributed by atoms with van der Waals surface area (Å²) in [5.41, 5.74) is 1.49. The van der Waals surface area contributed by atoms with Crippen LogP contribution in [0.4, 0.5) is 11.4 Å². The molecule has 4 rings (SSSR count). The first-order chi connectivity index (χ1) is 15.4.